The van der Waals surface area contributed by atoms with Gasteiger partial charge in [0.05, 0.1) is 74.5 Å². The summed E-state index contributed by atoms with van der Waals surface area (Å²) in [6, 6.07) is 54.2. The lowest BCUT2D eigenvalue weighted by atomic mass is 10.2. The average molecular weight is 1890 g/mol. The van der Waals surface area contributed by atoms with E-state index in [1.165, 1.54) is 73.6 Å². The molecule has 40 heteroatoms. The number of benzene rings is 8. The molecule has 3 aromatic heterocycles. The molecule has 8 aromatic carbocycles. The molecule has 134 heavy (non-hydrogen) atoms. The summed E-state index contributed by atoms with van der Waals surface area (Å²) in [5, 5.41) is 35.3. The SMILES string of the molecule is CCCOCCOCCN(C)C/C=C/C(=O)Nc1cccc(Nc2cc(Nc3ccc(OCc4cccc(F)c4)c(Cl)c3)ncn2)c1.CN(C/C=C/C(=O)Nc1cccc(Nc2cc(Nc3ccc(F)c(Cl)c3)ncn2)c1)CCOCCOCCN=[N+]=[N-].CN(C/C=C/C(=O)Nc1cccc(Nc2cc(Nc3ccc(OCc4cccc(F)c4)c(Cl)c3)ncn2)c1)CCOCCN=[N+]=[N-]. The smallest absolute Gasteiger partial charge is 0.248 e. The van der Waals surface area contributed by atoms with E-state index in [-0.39, 0.29) is 47.6 Å². The van der Waals surface area contributed by atoms with Crippen LogP contribution in [0.3, 0.4) is 0 Å². The number of nitrogens with zero attached hydrogens (tertiary/aromatic N) is 15. The van der Waals surface area contributed by atoms with Gasteiger partial charge in [-0.15, -0.1) is 0 Å². The fourth-order valence-electron chi connectivity index (χ4n) is 11.6. The van der Waals surface area contributed by atoms with Crippen molar-refractivity contribution in [2.75, 3.05) is 187 Å². The number of azide groups is 2. The van der Waals surface area contributed by atoms with Crippen LogP contribution in [0.1, 0.15) is 24.5 Å². The molecule has 0 aliphatic heterocycles. The Labute approximate surface area is 789 Å². The Balaban J connectivity index is 0.000000226. The number of rotatable bonds is 53. The first-order valence-electron chi connectivity index (χ1n) is 42.2. The van der Waals surface area contributed by atoms with Crippen LogP contribution >= 0.6 is 34.8 Å². The summed E-state index contributed by atoms with van der Waals surface area (Å²) in [7, 11) is 5.82. The normalized spacial score (nSPS) is 11.0. The number of carbonyl (C=O) groups is 3. The van der Waals surface area contributed by atoms with Gasteiger partial charge >= 0.3 is 0 Å². The van der Waals surface area contributed by atoms with Gasteiger partial charge in [0.1, 0.15) is 96.1 Å². The first kappa shape index (κ1) is 104. The van der Waals surface area contributed by atoms with Gasteiger partial charge in [0.25, 0.3) is 0 Å². The molecule has 9 N–H and O–H groups in total. The maximum atomic E-state index is 13.4. The van der Waals surface area contributed by atoms with Crippen molar-refractivity contribution in [1.82, 2.24) is 44.6 Å². The monoisotopic (exact) mass is 1890 g/mol. The van der Waals surface area contributed by atoms with E-state index in [4.69, 9.17) is 79.0 Å². The Bertz CT molecular complexity index is 5730. The van der Waals surface area contributed by atoms with Crippen LogP contribution in [0.2, 0.25) is 15.1 Å². The van der Waals surface area contributed by atoms with E-state index >= 15 is 0 Å². The molecule has 11 rings (SSSR count). The lowest BCUT2D eigenvalue weighted by Crippen LogP contribution is -2.24. The number of likely N-dealkylation sites (N-methyl/N-ethyl adjacent to an activating group) is 3. The quantitative estimate of drug-likeness (QED) is 0.00562. The van der Waals surface area contributed by atoms with E-state index in [9.17, 15) is 27.6 Å². The highest BCUT2D eigenvalue weighted by Crippen LogP contribution is 2.34. The highest BCUT2D eigenvalue weighted by molar-refractivity contribution is 6.33. The van der Waals surface area contributed by atoms with Crippen LogP contribution in [-0.2, 0) is 51.3 Å². The van der Waals surface area contributed by atoms with Gasteiger partial charge in [0.15, 0.2) is 0 Å². The zero-order chi connectivity index (χ0) is 95.1. The van der Waals surface area contributed by atoms with Crippen LogP contribution in [0.4, 0.5) is 99.3 Å². The third-order valence-electron chi connectivity index (χ3n) is 18.2. The zero-order valence-electron chi connectivity index (χ0n) is 74.1. The lowest BCUT2D eigenvalue weighted by Gasteiger charge is -2.14. The standard InChI is InChI=1S/C35H40ClFN6O4.C32H33ClFN9O3.C27H31ClFN9O3/c1-3-16-45-18-19-46-17-15-43(2)14-6-11-35(44)42-29-10-5-9-28(21-29)40-33-23-34(39-25-38-33)41-30-12-13-32(31(36)22-30)47-24-26-7-4-8-27(37)20-26;1-43(14-16-45-15-12-38-42-35)13-4-9-32(44)41-26-8-3-7-25(18-26)39-30-20-31(37-22-36-30)40-27-10-11-29(28(33)19-27)46-21-23-5-2-6-24(34)17-23;1-38(11-13-41-15-14-40-12-9-33-37-30)10-3-6-27(39)36-21-5-2-4-20(16-21)34-25-18-26(32-19-31-25)35-22-7-8-24(29)23(28)17-22/h4-13,20-23,25H,3,14-19,24H2,1-2H3,(H,42,44)(H2,38,39,40,41);2-11,17-20,22H,12-16,21H2,1H3,(H,41,44)(H2,36,37,39,40);2-8,16-19H,9-15H2,1H3,(H,36,39)(H2,31,32,34,35)/b11-6+;9-4+;6-3+. The van der Waals surface area contributed by atoms with Gasteiger partial charge in [-0.1, -0.05) is 113 Å². The summed E-state index contributed by atoms with van der Waals surface area (Å²) in [4.78, 5) is 74.3. The van der Waals surface area contributed by atoms with Gasteiger partial charge in [-0.05, 0) is 183 Å². The predicted molar refractivity (Wildman–Crippen MR) is 519 cm³/mol. The van der Waals surface area contributed by atoms with E-state index in [1.807, 2.05) is 85.5 Å². The number of nitrogens with one attached hydrogen (secondary N) is 9. The molecule has 3 heterocycles. The number of aromatic nitrogens is 6. The second kappa shape index (κ2) is 59.4. The molecule has 0 aliphatic rings. The van der Waals surface area contributed by atoms with Crippen LogP contribution in [-0.4, -0.2) is 202 Å². The molecule has 0 bridgehead atoms. The Morgan fingerprint density at radius 3 is 1.01 bits per heavy atom. The number of anilines is 15. The molecular weight excluding hydrogens is 1790 g/mol. The van der Waals surface area contributed by atoms with Crippen molar-refractivity contribution in [3.05, 3.63) is 314 Å². The lowest BCUT2D eigenvalue weighted by molar-refractivity contribution is -0.112. The van der Waals surface area contributed by atoms with Gasteiger partial charge in [0, 0.05) is 156 Å². The minimum Gasteiger partial charge on any atom is -0.487 e. The van der Waals surface area contributed by atoms with Gasteiger partial charge in [-0.2, -0.15) is 0 Å². The fourth-order valence-corrected chi connectivity index (χ4v) is 12.3. The largest absolute Gasteiger partial charge is 0.487 e. The Kier molecular flexibility index (Phi) is 46.0. The molecule has 0 saturated carbocycles. The first-order chi connectivity index (χ1) is 65.2. The van der Waals surface area contributed by atoms with Crippen molar-refractivity contribution in [3.8, 4) is 11.5 Å². The van der Waals surface area contributed by atoms with Gasteiger partial charge in [-0.25, -0.2) is 43.1 Å². The molecule has 0 unspecified atom stereocenters. The minimum absolute atomic E-state index is 0.00704. The van der Waals surface area contributed by atoms with E-state index in [0.29, 0.717) is 213 Å². The number of carbonyl (C=O) groups excluding carboxylic acids is 3. The van der Waals surface area contributed by atoms with Crippen LogP contribution in [0.25, 0.3) is 20.9 Å². The van der Waals surface area contributed by atoms with Gasteiger partial charge < -0.3 is 95.7 Å². The molecule has 0 saturated heterocycles. The maximum absolute atomic E-state index is 13.4. The van der Waals surface area contributed by atoms with Crippen molar-refractivity contribution in [3.63, 3.8) is 0 Å². The second-order valence-electron chi connectivity index (χ2n) is 29.0. The number of ether oxygens (including phenoxy) is 7. The predicted octanol–water partition coefficient (Wildman–Crippen LogP) is 19.8. The first-order valence-corrected chi connectivity index (χ1v) is 43.4. The number of halogens is 6. The molecule has 0 aliphatic carbocycles. The molecule has 0 spiro atoms. The third-order valence-corrected chi connectivity index (χ3v) is 19.1. The van der Waals surface area contributed by atoms with Crippen molar-refractivity contribution >= 4 is 139 Å². The Hall–Kier alpha value is -14.0. The minimum atomic E-state index is -0.502. The van der Waals surface area contributed by atoms with Crippen molar-refractivity contribution < 1.29 is 60.7 Å². The van der Waals surface area contributed by atoms with Crippen molar-refractivity contribution in [1.29, 1.82) is 0 Å². The molecule has 11 aromatic rings. The Morgan fingerprint density at radius 1 is 0.373 bits per heavy atom. The highest BCUT2D eigenvalue weighted by atomic mass is 35.5. The van der Waals surface area contributed by atoms with Crippen LogP contribution < -0.4 is 57.3 Å². The van der Waals surface area contributed by atoms with Gasteiger partial charge in [0.2, 0.25) is 17.7 Å². The molecule has 0 fully saturated rings. The summed E-state index contributed by atoms with van der Waals surface area (Å²) >= 11 is 18.7. The summed E-state index contributed by atoms with van der Waals surface area (Å²) < 4.78 is 78.9. The number of hydrogen-bond acceptors (Lipinski definition) is 27. The molecule has 702 valence electrons. The molecule has 3 amide bonds. The number of amides is 3. The molecule has 34 nitrogen and oxygen atoms in total. The summed E-state index contributed by atoms with van der Waals surface area (Å²) in [6.07, 6.45) is 15.1. The van der Waals surface area contributed by atoms with Crippen molar-refractivity contribution in [2.45, 2.75) is 26.6 Å². The molecular formula is C94H104Cl3F3N24O10. The highest BCUT2D eigenvalue weighted by Gasteiger charge is 2.14. The summed E-state index contributed by atoms with van der Waals surface area (Å²) in [6.45, 7) is 12.2. The summed E-state index contributed by atoms with van der Waals surface area (Å²) in [5.74, 6) is 2.23. The molecule has 0 atom stereocenters. The van der Waals surface area contributed by atoms with Crippen LogP contribution in [0.15, 0.2) is 260 Å². The van der Waals surface area contributed by atoms with E-state index in [2.05, 4.69) is 110 Å². The zero-order valence-corrected chi connectivity index (χ0v) is 76.3. The fraction of sp³-hybridized carbons (Fsp3) is 0.266. The van der Waals surface area contributed by atoms with E-state index < -0.39 is 5.82 Å². The van der Waals surface area contributed by atoms with E-state index in [0.717, 1.165) is 30.9 Å². The van der Waals surface area contributed by atoms with Gasteiger partial charge in [-0.3, -0.25) is 14.4 Å². The Morgan fingerprint density at radius 2 is 0.679 bits per heavy atom. The van der Waals surface area contributed by atoms with Crippen LogP contribution in [0.5, 0.6) is 11.5 Å². The third kappa shape index (κ3) is 41.6. The van der Waals surface area contributed by atoms with Crippen LogP contribution in [0, 0.1) is 17.5 Å². The molecule has 0 radical (unpaired) electrons. The van der Waals surface area contributed by atoms with Crippen molar-refractivity contribution in [2.24, 2.45) is 10.2 Å². The van der Waals surface area contributed by atoms with E-state index in [1.54, 1.807) is 121 Å². The topological polar surface area (TPSA) is 409 Å². The summed E-state index contributed by atoms with van der Waals surface area (Å²) in [5.41, 5.74) is 23.8. The number of hydrogen-bond donors (Lipinski definition) is 9. The maximum Gasteiger partial charge on any atom is 0.248 e. The second-order valence-corrected chi connectivity index (χ2v) is 30.3. The average Bonchev–Trinajstić information content (AvgIpc) is 0.848.